The number of nitrogens with one attached hydrogen (secondary N) is 1. The second-order valence-electron chi connectivity index (χ2n) is 6.37. The minimum atomic E-state index is -0.988. The molecular formula is C21H25NO6. The van der Waals surface area contributed by atoms with Crippen molar-refractivity contribution in [3.05, 3.63) is 52.3 Å². The van der Waals surface area contributed by atoms with Gasteiger partial charge in [-0.1, -0.05) is 12.1 Å². The highest BCUT2D eigenvalue weighted by atomic mass is 16.5. The van der Waals surface area contributed by atoms with E-state index in [9.17, 15) is 14.4 Å². The van der Waals surface area contributed by atoms with Crippen molar-refractivity contribution in [1.82, 2.24) is 4.98 Å². The van der Waals surface area contributed by atoms with E-state index in [0.29, 0.717) is 22.6 Å². The molecule has 0 spiro atoms. The zero-order valence-corrected chi connectivity index (χ0v) is 16.8. The summed E-state index contributed by atoms with van der Waals surface area (Å²) in [5.41, 5.74) is 2.35. The minimum absolute atomic E-state index is 0.0401. The third-order valence-electron chi connectivity index (χ3n) is 4.35. The van der Waals surface area contributed by atoms with Crippen LogP contribution >= 0.6 is 0 Å². The van der Waals surface area contributed by atoms with Crippen LogP contribution in [0.5, 0.6) is 5.75 Å². The predicted molar refractivity (Wildman–Crippen MR) is 103 cm³/mol. The van der Waals surface area contributed by atoms with E-state index in [1.807, 2.05) is 0 Å². The molecule has 0 unspecified atom stereocenters. The van der Waals surface area contributed by atoms with Crippen molar-refractivity contribution in [3.8, 4) is 5.75 Å². The Labute approximate surface area is 164 Å². The van der Waals surface area contributed by atoms with Crippen LogP contribution in [0.3, 0.4) is 0 Å². The monoisotopic (exact) mass is 387 g/mol. The van der Waals surface area contributed by atoms with Gasteiger partial charge in [-0.05, 0) is 51.0 Å². The van der Waals surface area contributed by atoms with Gasteiger partial charge in [-0.3, -0.25) is 9.59 Å². The van der Waals surface area contributed by atoms with Gasteiger partial charge in [-0.15, -0.1) is 0 Å². The predicted octanol–water partition coefficient (Wildman–Crippen LogP) is 3.17. The van der Waals surface area contributed by atoms with Gasteiger partial charge in [0.1, 0.15) is 5.75 Å². The van der Waals surface area contributed by atoms with Crippen molar-refractivity contribution in [3.63, 3.8) is 0 Å². The smallest absolute Gasteiger partial charge is 0.340 e. The van der Waals surface area contributed by atoms with E-state index in [1.165, 1.54) is 6.92 Å². The molecule has 1 aromatic heterocycles. The average molecular weight is 387 g/mol. The zero-order chi connectivity index (χ0) is 20.8. The number of Topliss-reactive ketones (excluding diaryl/α,β-unsaturated/α-hetero) is 1. The van der Waals surface area contributed by atoms with Crippen molar-refractivity contribution < 1.29 is 28.6 Å². The van der Waals surface area contributed by atoms with E-state index in [4.69, 9.17) is 14.2 Å². The summed E-state index contributed by atoms with van der Waals surface area (Å²) in [5, 5.41) is 0. The van der Waals surface area contributed by atoms with Crippen molar-refractivity contribution >= 4 is 17.7 Å². The second kappa shape index (κ2) is 9.21. The molecule has 0 saturated carbocycles. The lowest BCUT2D eigenvalue weighted by Gasteiger charge is -2.12. The van der Waals surface area contributed by atoms with Crippen LogP contribution in [0.1, 0.15) is 51.5 Å². The molecule has 0 amide bonds. The maximum atomic E-state index is 12.7. The first kappa shape index (κ1) is 21.2. The third-order valence-corrected chi connectivity index (χ3v) is 4.35. The third kappa shape index (κ3) is 4.79. The lowest BCUT2D eigenvalue weighted by molar-refractivity contribution is -0.145. The number of aryl methyl sites for hydroxylation is 1. The number of benzene rings is 1. The molecule has 7 nitrogen and oxygen atoms in total. The number of hydrogen-bond acceptors (Lipinski definition) is 6. The van der Waals surface area contributed by atoms with E-state index in [0.717, 1.165) is 5.56 Å². The van der Waals surface area contributed by atoms with Crippen molar-refractivity contribution in [2.24, 2.45) is 0 Å². The van der Waals surface area contributed by atoms with Gasteiger partial charge in [0.25, 0.3) is 0 Å². The number of ketones is 1. The minimum Gasteiger partial charge on any atom is -0.497 e. The van der Waals surface area contributed by atoms with Crippen LogP contribution in [0.2, 0.25) is 0 Å². The van der Waals surface area contributed by atoms with Crippen LogP contribution in [0.15, 0.2) is 24.3 Å². The summed E-state index contributed by atoms with van der Waals surface area (Å²) in [5.74, 6) is -0.718. The molecule has 0 saturated heterocycles. The second-order valence-corrected chi connectivity index (χ2v) is 6.37. The summed E-state index contributed by atoms with van der Waals surface area (Å²) < 4.78 is 15.4. The molecule has 2 rings (SSSR count). The molecular weight excluding hydrogens is 362 g/mol. The average Bonchev–Trinajstić information content (AvgIpc) is 2.96. The maximum Gasteiger partial charge on any atom is 0.340 e. The molecule has 0 aliphatic rings. The summed E-state index contributed by atoms with van der Waals surface area (Å²) in [6.45, 7) is 6.82. The molecule has 28 heavy (non-hydrogen) atoms. The van der Waals surface area contributed by atoms with Gasteiger partial charge in [0.15, 0.2) is 6.10 Å². The number of aromatic amines is 1. The summed E-state index contributed by atoms with van der Waals surface area (Å²) in [6.07, 6.45) is -0.948. The van der Waals surface area contributed by atoms with Gasteiger partial charge in [0.2, 0.25) is 5.78 Å². The molecule has 150 valence electrons. The van der Waals surface area contributed by atoms with Crippen LogP contribution in [-0.4, -0.2) is 42.5 Å². The molecule has 0 aliphatic carbocycles. The highest BCUT2D eigenvalue weighted by Crippen LogP contribution is 2.21. The van der Waals surface area contributed by atoms with E-state index >= 15 is 0 Å². The van der Waals surface area contributed by atoms with Crippen molar-refractivity contribution in [2.45, 2.75) is 40.2 Å². The Morgan fingerprint density at radius 2 is 1.75 bits per heavy atom. The summed E-state index contributed by atoms with van der Waals surface area (Å²) in [4.78, 5) is 39.9. The van der Waals surface area contributed by atoms with Gasteiger partial charge >= 0.3 is 11.9 Å². The zero-order valence-electron chi connectivity index (χ0n) is 16.8. The quantitative estimate of drug-likeness (QED) is 0.552. The lowest BCUT2D eigenvalue weighted by Crippen LogP contribution is -2.26. The number of H-pyrrole nitrogens is 1. The Morgan fingerprint density at radius 1 is 1.11 bits per heavy atom. The highest BCUT2D eigenvalue weighted by molar-refractivity contribution is 6.04. The van der Waals surface area contributed by atoms with Crippen molar-refractivity contribution in [1.29, 1.82) is 0 Å². The Balaban J connectivity index is 2.06. The molecule has 1 aromatic carbocycles. The first-order valence-electron chi connectivity index (χ1n) is 9.01. The highest BCUT2D eigenvalue weighted by Gasteiger charge is 2.27. The van der Waals surface area contributed by atoms with Gasteiger partial charge in [0.05, 0.1) is 31.4 Å². The van der Waals surface area contributed by atoms with E-state index in [1.54, 1.807) is 52.1 Å². The van der Waals surface area contributed by atoms with Crippen LogP contribution in [-0.2, 0) is 20.7 Å². The van der Waals surface area contributed by atoms with Crippen LogP contribution in [0, 0.1) is 13.8 Å². The molecule has 1 atom stereocenters. The number of carbonyl (C=O) groups is 3. The fourth-order valence-electron chi connectivity index (χ4n) is 2.91. The van der Waals surface area contributed by atoms with Gasteiger partial charge in [-0.2, -0.15) is 0 Å². The fraction of sp³-hybridized carbons (Fsp3) is 0.381. The molecule has 0 fully saturated rings. The molecule has 1 N–H and O–H groups in total. The first-order valence-corrected chi connectivity index (χ1v) is 9.01. The van der Waals surface area contributed by atoms with E-state index < -0.39 is 23.8 Å². The van der Waals surface area contributed by atoms with Crippen LogP contribution in [0.4, 0.5) is 0 Å². The van der Waals surface area contributed by atoms with Crippen LogP contribution < -0.4 is 4.74 Å². The number of carbonyl (C=O) groups excluding carboxylic acids is 3. The molecule has 0 bridgehead atoms. The number of hydrogen-bond donors (Lipinski definition) is 1. The summed E-state index contributed by atoms with van der Waals surface area (Å²) >= 11 is 0. The normalized spacial score (nSPS) is 11.6. The topological polar surface area (TPSA) is 94.7 Å². The Hall–Kier alpha value is -3.09. The number of esters is 2. The first-order chi connectivity index (χ1) is 13.3. The van der Waals surface area contributed by atoms with E-state index in [-0.39, 0.29) is 18.7 Å². The number of methoxy groups -OCH3 is 1. The summed E-state index contributed by atoms with van der Waals surface area (Å²) in [6, 6.07) is 7.02. The van der Waals surface area contributed by atoms with Gasteiger partial charge < -0.3 is 19.2 Å². The Kier molecular flexibility index (Phi) is 6.98. The lowest BCUT2D eigenvalue weighted by atomic mass is 10.1. The summed E-state index contributed by atoms with van der Waals surface area (Å²) in [7, 11) is 1.56. The largest absolute Gasteiger partial charge is 0.497 e. The molecule has 7 heteroatoms. The molecule has 0 radical (unpaired) electrons. The van der Waals surface area contributed by atoms with E-state index in [2.05, 4.69) is 4.98 Å². The molecule has 2 aromatic rings. The van der Waals surface area contributed by atoms with Gasteiger partial charge in [-0.25, -0.2) is 4.79 Å². The standard InChI is InChI=1S/C21H25NO6/c1-6-27-21(25)18-12(2)19(22-13(18)3)20(24)14(4)28-17(23)11-15-7-9-16(26-5)10-8-15/h7-10,14,22H,6,11H2,1-5H3/t14-/m0/s1. The number of aromatic nitrogens is 1. The Bertz CT molecular complexity index is 866. The fourth-order valence-corrected chi connectivity index (χ4v) is 2.91. The maximum absolute atomic E-state index is 12.7. The van der Waals surface area contributed by atoms with Gasteiger partial charge in [0, 0.05) is 5.69 Å². The molecule has 0 aliphatic heterocycles. The molecule has 1 heterocycles. The van der Waals surface area contributed by atoms with Crippen LogP contribution in [0.25, 0.3) is 0 Å². The number of ether oxygens (including phenoxy) is 3. The SMILES string of the molecule is CCOC(=O)c1c(C)[nH]c(C(=O)[C@H](C)OC(=O)Cc2ccc(OC)cc2)c1C. The number of rotatable bonds is 8. The Morgan fingerprint density at radius 3 is 2.32 bits per heavy atom. The van der Waals surface area contributed by atoms with Crippen molar-refractivity contribution in [2.75, 3.05) is 13.7 Å².